The first-order valence-electron chi connectivity index (χ1n) is 6.93. The lowest BCUT2D eigenvalue weighted by Crippen LogP contribution is -2.18. The van der Waals surface area contributed by atoms with E-state index in [2.05, 4.69) is 10.1 Å². The molecule has 0 radical (unpaired) electrons. The Hall–Kier alpha value is -2.86. The number of phenols is 1. The molecule has 2 aromatic carbocycles. The van der Waals surface area contributed by atoms with Gasteiger partial charge in [0.25, 0.3) is 0 Å². The molecule has 6 heteroatoms. The van der Waals surface area contributed by atoms with Crippen LogP contribution in [0.3, 0.4) is 0 Å². The van der Waals surface area contributed by atoms with Crippen molar-refractivity contribution < 1.29 is 24.2 Å². The monoisotopic (exact) mass is 315 g/mol. The Morgan fingerprint density at radius 1 is 1.13 bits per heavy atom. The summed E-state index contributed by atoms with van der Waals surface area (Å²) in [6.07, 6.45) is 0. The molecule has 0 atom stereocenters. The van der Waals surface area contributed by atoms with Crippen molar-refractivity contribution in [2.24, 2.45) is 0 Å². The molecule has 0 spiro atoms. The third-order valence-corrected chi connectivity index (χ3v) is 3.03. The first kappa shape index (κ1) is 16.5. The van der Waals surface area contributed by atoms with Crippen molar-refractivity contribution in [3.8, 4) is 5.75 Å². The van der Waals surface area contributed by atoms with E-state index in [-0.39, 0.29) is 23.8 Å². The summed E-state index contributed by atoms with van der Waals surface area (Å²) in [6, 6.07) is 13.7. The van der Waals surface area contributed by atoms with Crippen LogP contribution in [-0.4, -0.2) is 30.7 Å². The molecule has 0 fully saturated rings. The SMILES string of the molecule is COC(=O)c1ccc(NC(=O)COCc2ccccc2)cc1O. The lowest BCUT2D eigenvalue weighted by atomic mass is 10.2. The van der Waals surface area contributed by atoms with Gasteiger partial charge >= 0.3 is 5.97 Å². The zero-order valence-corrected chi connectivity index (χ0v) is 12.6. The maximum Gasteiger partial charge on any atom is 0.341 e. The molecule has 0 unspecified atom stereocenters. The topological polar surface area (TPSA) is 84.9 Å². The second kappa shape index (κ2) is 7.95. The maximum atomic E-state index is 11.8. The van der Waals surface area contributed by atoms with Gasteiger partial charge in [0.1, 0.15) is 17.9 Å². The first-order valence-corrected chi connectivity index (χ1v) is 6.93. The van der Waals surface area contributed by atoms with E-state index in [0.29, 0.717) is 12.3 Å². The third kappa shape index (κ3) is 4.82. The van der Waals surface area contributed by atoms with E-state index >= 15 is 0 Å². The van der Waals surface area contributed by atoms with E-state index in [1.807, 2.05) is 30.3 Å². The van der Waals surface area contributed by atoms with Crippen molar-refractivity contribution in [1.82, 2.24) is 0 Å². The van der Waals surface area contributed by atoms with Gasteiger partial charge in [-0.2, -0.15) is 0 Å². The van der Waals surface area contributed by atoms with Crippen LogP contribution in [0.1, 0.15) is 15.9 Å². The summed E-state index contributed by atoms with van der Waals surface area (Å²) >= 11 is 0. The van der Waals surface area contributed by atoms with Gasteiger partial charge in [0.05, 0.1) is 13.7 Å². The number of amides is 1. The number of benzene rings is 2. The predicted octanol–water partition coefficient (Wildman–Crippen LogP) is 2.33. The number of nitrogens with one attached hydrogen (secondary N) is 1. The standard InChI is InChI=1S/C17H17NO5/c1-22-17(21)14-8-7-13(9-15(14)19)18-16(20)11-23-10-12-5-3-2-4-6-12/h2-9,19H,10-11H2,1H3,(H,18,20). The number of ether oxygens (including phenoxy) is 2. The van der Waals surface area contributed by atoms with Crippen LogP contribution in [0.4, 0.5) is 5.69 Å². The molecule has 0 saturated heterocycles. The van der Waals surface area contributed by atoms with Crippen molar-refractivity contribution in [3.63, 3.8) is 0 Å². The predicted molar refractivity (Wildman–Crippen MR) is 84.2 cm³/mol. The number of esters is 1. The van der Waals surface area contributed by atoms with Crippen molar-refractivity contribution >= 4 is 17.6 Å². The van der Waals surface area contributed by atoms with Gasteiger partial charge in [0, 0.05) is 11.8 Å². The summed E-state index contributed by atoms with van der Waals surface area (Å²) < 4.78 is 9.84. The highest BCUT2D eigenvalue weighted by Crippen LogP contribution is 2.22. The highest BCUT2D eigenvalue weighted by Gasteiger charge is 2.12. The molecule has 1 amide bonds. The summed E-state index contributed by atoms with van der Waals surface area (Å²) in [5, 5.41) is 12.3. The molecule has 0 aromatic heterocycles. The molecule has 0 aliphatic carbocycles. The summed E-state index contributed by atoms with van der Waals surface area (Å²) in [4.78, 5) is 23.1. The number of carbonyl (C=O) groups is 2. The van der Waals surface area contributed by atoms with Gasteiger partial charge in [0.2, 0.25) is 5.91 Å². The quantitative estimate of drug-likeness (QED) is 0.799. The minimum atomic E-state index is -0.647. The summed E-state index contributed by atoms with van der Waals surface area (Å²) in [5.41, 5.74) is 1.37. The van der Waals surface area contributed by atoms with Gasteiger partial charge in [0.15, 0.2) is 0 Å². The molecule has 23 heavy (non-hydrogen) atoms. The average Bonchev–Trinajstić information content (AvgIpc) is 2.55. The summed E-state index contributed by atoms with van der Waals surface area (Å²) in [6.45, 7) is 0.217. The molecule has 2 aromatic rings. The number of hydrogen-bond acceptors (Lipinski definition) is 5. The van der Waals surface area contributed by atoms with Crippen LogP contribution >= 0.6 is 0 Å². The molecular weight excluding hydrogens is 298 g/mol. The van der Waals surface area contributed by atoms with Crippen molar-refractivity contribution in [3.05, 3.63) is 59.7 Å². The molecule has 2 N–H and O–H groups in total. The van der Waals surface area contributed by atoms with Gasteiger partial charge in [-0.25, -0.2) is 4.79 Å². The number of aromatic hydroxyl groups is 1. The second-order valence-corrected chi connectivity index (χ2v) is 4.75. The van der Waals surface area contributed by atoms with Crippen molar-refractivity contribution in [2.45, 2.75) is 6.61 Å². The van der Waals surface area contributed by atoms with Crippen LogP contribution < -0.4 is 5.32 Å². The number of phenolic OH excluding ortho intramolecular Hbond substituents is 1. The smallest absolute Gasteiger partial charge is 0.341 e. The largest absolute Gasteiger partial charge is 0.507 e. The molecule has 120 valence electrons. The fourth-order valence-corrected chi connectivity index (χ4v) is 1.92. The highest BCUT2D eigenvalue weighted by atomic mass is 16.5. The maximum absolute atomic E-state index is 11.8. The van der Waals surface area contributed by atoms with Crippen LogP contribution in [-0.2, 0) is 20.9 Å². The normalized spacial score (nSPS) is 10.1. The number of carbonyl (C=O) groups excluding carboxylic acids is 2. The van der Waals surface area contributed by atoms with Crippen molar-refractivity contribution in [1.29, 1.82) is 0 Å². The Labute approximate surface area is 133 Å². The van der Waals surface area contributed by atoms with Gasteiger partial charge < -0.3 is 19.9 Å². The van der Waals surface area contributed by atoms with E-state index in [4.69, 9.17) is 4.74 Å². The summed E-state index contributed by atoms with van der Waals surface area (Å²) in [7, 11) is 1.22. The van der Waals surface area contributed by atoms with E-state index in [1.165, 1.54) is 25.3 Å². The van der Waals surface area contributed by atoms with E-state index in [9.17, 15) is 14.7 Å². The number of methoxy groups -OCH3 is 1. The third-order valence-electron chi connectivity index (χ3n) is 3.03. The van der Waals surface area contributed by atoms with Gasteiger partial charge in [-0.1, -0.05) is 30.3 Å². The second-order valence-electron chi connectivity index (χ2n) is 4.75. The Bertz CT molecular complexity index is 685. The zero-order chi connectivity index (χ0) is 16.7. The molecule has 0 saturated carbocycles. The Kier molecular flexibility index (Phi) is 5.71. The number of rotatable bonds is 6. The molecule has 0 aliphatic rings. The van der Waals surface area contributed by atoms with Crippen molar-refractivity contribution in [2.75, 3.05) is 19.0 Å². The van der Waals surface area contributed by atoms with E-state index in [0.717, 1.165) is 5.56 Å². The number of hydrogen-bond donors (Lipinski definition) is 2. The zero-order valence-electron chi connectivity index (χ0n) is 12.6. The van der Waals surface area contributed by atoms with Crippen LogP contribution in [0.5, 0.6) is 5.75 Å². The number of anilines is 1. The van der Waals surface area contributed by atoms with E-state index in [1.54, 1.807) is 0 Å². The lowest BCUT2D eigenvalue weighted by Gasteiger charge is -2.08. The minimum Gasteiger partial charge on any atom is -0.507 e. The highest BCUT2D eigenvalue weighted by molar-refractivity contribution is 5.95. The van der Waals surface area contributed by atoms with Crippen LogP contribution in [0.15, 0.2) is 48.5 Å². The van der Waals surface area contributed by atoms with Gasteiger partial charge in [-0.15, -0.1) is 0 Å². The minimum absolute atomic E-state index is 0.0332. The summed E-state index contributed by atoms with van der Waals surface area (Å²) in [5.74, 6) is -1.27. The lowest BCUT2D eigenvalue weighted by molar-refractivity contribution is -0.121. The van der Waals surface area contributed by atoms with Gasteiger partial charge in [-0.05, 0) is 17.7 Å². The first-order chi connectivity index (χ1) is 11.1. The van der Waals surface area contributed by atoms with Gasteiger partial charge in [-0.3, -0.25) is 4.79 Å². The van der Waals surface area contributed by atoms with Crippen LogP contribution in [0.25, 0.3) is 0 Å². The molecule has 0 bridgehead atoms. The molecule has 6 nitrogen and oxygen atoms in total. The van der Waals surface area contributed by atoms with E-state index < -0.39 is 5.97 Å². The molecular formula is C17H17NO5. The molecule has 0 aliphatic heterocycles. The Balaban J connectivity index is 1.85. The molecule has 2 rings (SSSR count). The fourth-order valence-electron chi connectivity index (χ4n) is 1.92. The Morgan fingerprint density at radius 3 is 2.52 bits per heavy atom. The fraction of sp³-hybridized carbons (Fsp3) is 0.176. The Morgan fingerprint density at radius 2 is 1.87 bits per heavy atom. The average molecular weight is 315 g/mol. The molecule has 0 heterocycles. The van der Waals surface area contributed by atoms with Crippen LogP contribution in [0.2, 0.25) is 0 Å². The van der Waals surface area contributed by atoms with Crippen LogP contribution in [0, 0.1) is 0 Å².